The van der Waals surface area contributed by atoms with Gasteiger partial charge >= 0.3 is 5.97 Å². The first-order valence-electron chi connectivity index (χ1n) is 9.28. The van der Waals surface area contributed by atoms with E-state index in [0.717, 1.165) is 23.4 Å². The first-order chi connectivity index (χ1) is 13.4. The van der Waals surface area contributed by atoms with E-state index < -0.39 is 29.7 Å². The number of benzene rings is 2. The van der Waals surface area contributed by atoms with Crippen LogP contribution in [0.5, 0.6) is 5.75 Å². The van der Waals surface area contributed by atoms with Crippen molar-refractivity contribution < 1.29 is 23.4 Å². The highest BCUT2D eigenvalue weighted by Crippen LogP contribution is 2.40. The molecular weight excluding hydrogens is 432 g/mol. The third-order valence-corrected chi connectivity index (χ3v) is 5.48. The summed E-state index contributed by atoms with van der Waals surface area (Å²) in [5, 5.41) is 9.76. The lowest BCUT2D eigenvalue weighted by molar-refractivity contribution is -0.145. The van der Waals surface area contributed by atoms with Crippen molar-refractivity contribution in [2.75, 3.05) is 13.2 Å². The first-order valence-corrected chi connectivity index (χ1v) is 10.1. The van der Waals surface area contributed by atoms with Crippen LogP contribution in [0.2, 0.25) is 0 Å². The fourth-order valence-corrected chi connectivity index (χ4v) is 4.17. The SMILES string of the molecule is CCOc1ccc(Br)cc1C(c1ccc(F)cc1F)N1CCCCC1C(=O)O. The van der Waals surface area contributed by atoms with Gasteiger partial charge in [-0.05, 0) is 50.6 Å². The van der Waals surface area contributed by atoms with E-state index in [4.69, 9.17) is 4.74 Å². The molecule has 1 fully saturated rings. The van der Waals surface area contributed by atoms with Gasteiger partial charge in [-0.1, -0.05) is 28.4 Å². The number of carbonyl (C=O) groups is 1. The van der Waals surface area contributed by atoms with Gasteiger partial charge in [0.1, 0.15) is 23.4 Å². The number of piperidine rings is 1. The van der Waals surface area contributed by atoms with E-state index in [1.165, 1.54) is 12.1 Å². The molecule has 0 aromatic heterocycles. The maximum atomic E-state index is 14.8. The van der Waals surface area contributed by atoms with Gasteiger partial charge in [0.25, 0.3) is 0 Å². The second-order valence-corrected chi connectivity index (χ2v) is 7.69. The summed E-state index contributed by atoms with van der Waals surface area (Å²) in [6, 6.07) is 7.36. The predicted octanol–water partition coefficient (Wildman–Crippen LogP) is 5.15. The summed E-state index contributed by atoms with van der Waals surface area (Å²) in [5.41, 5.74) is 0.878. The molecule has 150 valence electrons. The fourth-order valence-electron chi connectivity index (χ4n) is 3.80. The Morgan fingerprint density at radius 2 is 2.04 bits per heavy atom. The van der Waals surface area contributed by atoms with Crippen molar-refractivity contribution in [2.24, 2.45) is 0 Å². The summed E-state index contributed by atoms with van der Waals surface area (Å²) < 4.78 is 34.9. The Kier molecular flexibility index (Phi) is 6.67. The summed E-state index contributed by atoms with van der Waals surface area (Å²) in [4.78, 5) is 13.7. The zero-order chi connectivity index (χ0) is 20.3. The largest absolute Gasteiger partial charge is 0.494 e. The van der Waals surface area contributed by atoms with Gasteiger partial charge in [0.05, 0.1) is 12.6 Å². The van der Waals surface area contributed by atoms with Crippen LogP contribution >= 0.6 is 15.9 Å². The maximum Gasteiger partial charge on any atom is 0.320 e. The molecular formula is C21H22BrF2NO3. The highest BCUT2D eigenvalue weighted by molar-refractivity contribution is 9.10. The van der Waals surface area contributed by atoms with Crippen LogP contribution in [0.25, 0.3) is 0 Å². The standard InChI is InChI=1S/C21H22BrF2NO3/c1-2-28-19-9-6-13(22)11-16(19)20(15-8-7-14(23)12-17(15)24)25-10-4-3-5-18(25)21(26)27/h6-9,11-12,18,20H,2-5,10H2,1H3,(H,26,27). The van der Waals surface area contributed by atoms with Crippen LogP contribution in [-0.4, -0.2) is 35.2 Å². The molecule has 4 nitrogen and oxygen atoms in total. The predicted molar refractivity (Wildman–Crippen MR) is 105 cm³/mol. The minimum Gasteiger partial charge on any atom is -0.494 e. The Morgan fingerprint density at radius 3 is 2.71 bits per heavy atom. The number of carboxylic acids is 1. The molecule has 2 aromatic carbocycles. The van der Waals surface area contributed by atoms with Gasteiger partial charge in [-0.25, -0.2) is 8.78 Å². The molecule has 0 amide bonds. The third kappa shape index (κ3) is 4.36. The number of halogens is 3. The van der Waals surface area contributed by atoms with Crippen LogP contribution in [0.3, 0.4) is 0 Å². The first kappa shape index (κ1) is 20.7. The molecule has 7 heteroatoms. The molecule has 2 aromatic rings. The molecule has 1 aliphatic heterocycles. The zero-order valence-electron chi connectivity index (χ0n) is 15.5. The molecule has 2 unspecified atom stereocenters. The van der Waals surface area contributed by atoms with Crippen LogP contribution in [0.15, 0.2) is 40.9 Å². The normalized spacial score (nSPS) is 18.6. The van der Waals surface area contributed by atoms with Gasteiger partial charge in [-0.15, -0.1) is 0 Å². The Morgan fingerprint density at radius 1 is 1.25 bits per heavy atom. The van der Waals surface area contributed by atoms with Crippen LogP contribution < -0.4 is 4.74 Å². The number of ether oxygens (including phenoxy) is 1. The summed E-state index contributed by atoms with van der Waals surface area (Å²) in [7, 11) is 0. The van der Waals surface area contributed by atoms with Crippen molar-refractivity contribution in [1.29, 1.82) is 0 Å². The molecule has 3 rings (SSSR count). The summed E-state index contributed by atoms with van der Waals surface area (Å²) >= 11 is 3.44. The average molecular weight is 454 g/mol. The van der Waals surface area contributed by atoms with Crippen LogP contribution in [-0.2, 0) is 4.79 Å². The number of carboxylic acid groups (broad SMARTS) is 1. The summed E-state index contributed by atoms with van der Waals surface area (Å²) in [5.74, 6) is -1.77. The number of hydrogen-bond donors (Lipinski definition) is 1. The lowest BCUT2D eigenvalue weighted by Crippen LogP contribution is -2.47. The molecule has 2 atom stereocenters. The maximum absolute atomic E-state index is 14.8. The van der Waals surface area contributed by atoms with Gasteiger partial charge in [0.15, 0.2) is 0 Å². The van der Waals surface area contributed by atoms with Crippen molar-refractivity contribution in [1.82, 2.24) is 4.90 Å². The molecule has 1 heterocycles. The molecule has 1 N–H and O–H groups in total. The van der Waals surface area contributed by atoms with Gasteiger partial charge in [-0.2, -0.15) is 0 Å². The van der Waals surface area contributed by atoms with E-state index in [1.807, 2.05) is 19.1 Å². The van der Waals surface area contributed by atoms with Crippen LogP contribution in [0.1, 0.15) is 43.4 Å². The monoisotopic (exact) mass is 453 g/mol. The van der Waals surface area contributed by atoms with Crippen LogP contribution in [0.4, 0.5) is 8.78 Å². The third-order valence-electron chi connectivity index (χ3n) is 4.98. The molecule has 0 bridgehead atoms. The molecule has 0 spiro atoms. The van der Waals surface area contributed by atoms with Crippen LogP contribution in [0, 0.1) is 11.6 Å². The topological polar surface area (TPSA) is 49.8 Å². The van der Waals surface area contributed by atoms with Gasteiger partial charge in [0.2, 0.25) is 0 Å². The molecule has 0 aliphatic carbocycles. The molecule has 28 heavy (non-hydrogen) atoms. The van der Waals surface area contributed by atoms with E-state index in [0.29, 0.717) is 30.9 Å². The van der Waals surface area contributed by atoms with Gasteiger partial charge in [0, 0.05) is 21.7 Å². The zero-order valence-corrected chi connectivity index (χ0v) is 17.1. The summed E-state index contributed by atoms with van der Waals surface area (Å²) in [6.07, 6.45) is 2.08. The summed E-state index contributed by atoms with van der Waals surface area (Å²) in [6.45, 7) is 2.76. The second kappa shape index (κ2) is 9.01. The number of hydrogen-bond acceptors (Lipinski definition) is 3. The number of aliphatic carboxylic acids is 1. The van der Waals surface area contributed by atoms with Crippen molar-refractivity contribution in [3.05, 3.63) is 63.6 Å². The average Bonchev–Trinajstić information content (AvgIpc) is 2.66. The van der Waals surface area contributed by atoms with E-state index in [9.17, 15) is 18.7 Å². The smallest absolute Gasteiger partial charge is 0.320 e. The lowest BCUT2D eigenvalue weighted by Gasteiger charge is -2.40. The van der Waals surface area contributed by atoms with Crippen molar-refractivity contribution >= 4 is 21.9 Å². The fraction of sp³-hybridized carbons (Fsp3) is 0.381. The van der Waals surface area contributed by atoms with Crippen molar-refractivity contribution in [3.63, 3.8) is 0 Å². The highest BCUT2D eigenvalue weighted by atomic mass is 79.9. The van der Waals surface area contributed by atoms with Crippen molar-refractivity contribution in [3.8, 4) is 5.75 Å². The molecule has 0 saturated carbocycles. The van der Waals surface area contributed by atoms with E-state index in [-0.39, 0.29) is 5.56 Å². The van der Waals surface area contributed by atoms with E-state index >= 15 is 0 Å². The quantitative estimate of drug-likeness (QED) is 0.656. The Hall–Kier alpha value is -1.99. The Balaban J connectivity index is 2.20. The number of likely N-dealkylation sites (tertiary alicyclic amines) is 1. The number of nitrogens with zero attached hydrogens (tertiary/aromatic N) is 1. The van der Waals surface area contributed by atoms with Gasteiger partial charge < -0.3 is 9.84 Å². The van der Waals surface area contributed by atoms with Gasteiger partial charge in [-0.3, -0.25) is 9.69 Å². The second-order valence-electron chi connectivity index (χ2n) is 6.77. The molecule has 1 aliphatic rings. The Labute approximate surface area is 171 Å². The Bertz CT molecular complexity index is 862. The van der Waals surface area contributed by atoms with E-state index in [1.54, 1.807) is 11.0 Å². The molecule has 1 saturated heterocycles. The number of rotatable bonds is 6. The molecule has 0 radical (unpaired) electrons. The van der Waals surface area contributed by atoms with Crippen molar-refractivity contribution in [2.45, 2.75) is 38.3 Å². The minimum absolute atomic E-state index is 0.230. The van der Waals surface area contributed by atoms with E-state index in [2.05, 4.69) is 15.9 Å². The lowest BCUT2D eigenvalue weighted by atomic mass is 9.91. The minimum atomic E-state index is -0.944. The highest BCUT2D eigenvalue weighted by Gasteiger charge is 2.37.